The van der Waals surface area contributed by atoms with Crippen LogP contribution in [-0.2, 0) is 6.42 Å². The lowest BCUT2D eigenvalue weighted by atomic mass is 10.0. The minimum atomic E-state index is 0.764. The van der Waals surface area contributed by atoms with E-state index in [1.807, 2.05) is 30.6 Å². The fourth-order valence-electron chi connectivity index (χ4n) is 2.12. The number of hydrogen-bond donors (Lipinski definition) is 2. The summed E-state index contributed by atoms with van der Waals surface area (Å²) in [5.74, 6) is 1.60. The molecule has 2 heterocycles. The lowest BCUT2D eigenvalue weighted by Gasteiger charge is -2.05. The number of nitrogens with one attached hydrogen (secondary N) is 2. The van der Waals surface area contributed by atoms with Gasteiger partial charge in [-0.25, -0.2) is 4.98 Å². The van der Waals surface area contributed by atoms with Crippen molar-refractivity contribution in [3.63, 3.8) is 0 Å². The van der Waals surface area contributed by atoms with Crippen molar-refractivity contribution in [3.05, 3.63) is 47.3 Å². The molecule has 5 heteroatoms. The second kappa shape index (κ2) is 5.98. The zero-order chi connectivity index (χ0) is 13.8. The molecular formula is C15H16N4S. The van der Waals surface area contributed by atoms with Crippen LogP contribution in [0.25, 0.3) is 22.1 Å². The van der Waals surface area contributed by atoms with E-state index >= 15 is 0 Å². The molecule has 1 aromatic carbocycles. The topological polar surface area (TPSA) is 53.6 Å². The Morgan fingerprint density at radius 1 is 1.20 bits per heavy atom. The van der Waals surface area contributed by atoms with Crippen LogP contribution in [0.1, 0.15) is 5.56 Å². The molecule has 0 bridgehead atoms. The lowest BCUT2D eigenvalue weighted by Crippen LogP contribution is -2.10. The van der Waals surface area contributed by atoms with Crippen LogP contribution in [-0.4, -0.2) is 28.8 Å². The highest BCUT2D eigenvalue weighted by Gasteiger charge is 2.11. The Morgan fingerprint density at radius 2 is 2.10 bits per heavy atom. The zero-order valence-corrected chi connectivity index (χ0v) is 12.1. The standard InChI is InChI=1S/C15H16N4S/c1-16-9-8-11-5-2-3-6-12(11)14-17-15(19-18-14)13-7-4-10-20-13/h2-7,10,16H,8-9H2,1H3,(H,17,18,19). The third kappa shape index (κ3) is 2.64. The summed E-state index contributed by atoms with van der Waals surface area (Å²) in [7, 11) is 1.96. The van der Waals surface area contributed by atoms with Crippen LogP contribution < -0.4 is 5.32 Å². The molecule has 102 valence electrons. The Kier molecular flexibility index (Phi) is 3.90. The van der Waals surface area contributed by atoms with Gasteiger partial charge in [0.15, 0.2) is 11.6 Å². The van der Waals surface area contributed by atoms with E-state index in [-0.39, 0.29) is 0 Å². The van der Waals surface area contributed by atoms with Gasteiger partial charge in [-0.15, -0.1) is 11.3 Å². The second-order valence-corrected chi connectivity index (χ2v) is 5.44. The smallest absolute Gasteiger partial charge is 0.181 e. The van der Waals surface area contributed by atoms with Gasteiger partial charge in [-0.2, -0.15) is 5.10 Å². The Hall–Kier alpha value is -1.98. The van der Waals surface area contributed by atoms with E-state index in [1.165, 1.54) is 5.56 Å². The first-order chi connectivity index (χ1) is 9.88. The van der Waals surface area contributed by atoms with Gasteiger partial charge < -0.3 is 5.32 Å². The average Bonchev–Trinajstić information content (AvgIpc) is 3.15. The molecule has 0 saturated carbocycles. The molecule has 2 aromatic heterocycles. The van der Waals surface area contributed by atoms with Crippen LogP contribution in [0.3, 0.4) is 0 Å². The SMILES string of the molecule is CNCCc1ccccc1-c1n[nH]c(-c2cccs2)n1. The summed E-state index contributed by atoms with van der Waals surface area (Å²) in [5.41, 5.74) is 2.36. The fourth-order valence-corrected chi connectivity index (χ4v) is 2.79. The molecule has 0 radical (unpaired) electrons. The zero-order valence-electron chi connectivity index (χ0n) is 11.3. The van der Waals surface area contributed by atoms with Gasteiger partial charge >= 0.3 is 0 Å². The maximum absolute atomic E-state index is 4.62. The Balaban J connectivity index is 1.93. The first-order valence-electron chi connectivity index (χ1n) is 6.57. The Morgan fingerprint density at radius 3 is 2.90 bits per heavy atom. The Bertz CT molecular complexity index is 673. The van der Waals surface area contributed by atoms with Gasteiger partial charge in [0.2, 0.25) is 0 Å². The quantitative estimate of drug-likeness (QED) is 0.757. The highest BCUT2D eigenvalue weighted by Crippen LogP contribution is 2.25. The van der Waals surface area contributed by atoms with Crippen molar-refractivity contribution in [2.75, 3.05) is 13.6 Å². The van der Waals surface area contributed by atoms with Crippen LogP contribution in [0.2, 0.25) is 0 Å². The molecule has 0 atom stereocenters. The lowest BCUT2D eigenvalue weighted by molar-refractivity contribution is 0.792. The van der Waals surface area contributed by atoms with Crippen molar-refractivity contribution in [3.8, 4) is 22.1 Å². The van der Waals surface area contributed by atoms with E-state index in [2.05, 4.69) is 38.7 Å². The average molecular weight is 284 g/mol. The molecule has 0 aliphatic carbocycles. The number of hydrogen-bond acceptors (Lipinski definition) is 4. The van der Waals surface area contributed by atoms with Crippen LogP contribution in [0.5, 0.6) is 0 Å². The summed E-state index contributed by atoms with van der Waals surface area (Å²) in [6.07, 6.45) is 0.968. The van der Waals surface area contributed by atoms with Crippen LogP contribution in [0.15, 0.2) is 41.8 Å². The molecule has 0 aliphatic rings. The molecular weight excluding hydrogens is 268 g/mol. The van der Waals surface area contributed by atoms with Gasteiger partial charge in [0.25, 0.3) is 0 Å². The number of thiophene rings is 1. The first-order valence-corrected chi connectivity index (χ1v) is 7.45. The predicted molar refractivity (Wildman–Crippen MR) is 82.8 cm³/mol. The highest BCUT2D eigenvalue weighted by molar-refractivity contribution is 7.13. The number of H-pyrrole nitrogens is 1. The van der Waals surface area contributed by atoms with E-state index in [0.717, 1.165) is 35.1 Å². The van der Waals surface area contributed by atoms with E-state index in [1.54, 1.807) is 11.3 Å². The number of benzene rings is 1. The summed E-state index contributed by atoms with van der Waals surface area (Å²) < 4.78 is 0. The molecule has 0 spiro atoms. The van der Waals surface area contributed by atoms with Gasteiger partial charge in [0.05, 0.1) is 4.88 Å². The van der Waals surface area contributed by atoms with Crippen LogP contribution in [0.4, 0.5) is 0 Å². The molecule has 0 aliphatic heterocycles. The first kappa shape index (κ1) is 13.0. The summed E-state index contributed by atoms with van der Waals surface area (Å²) in [4.78, 5) is 5.72. The van der Waals surface area contributed by atoms with Crippen molar-refractivity contribution < 1.29 is 0 Å². The summed E-state index contributed by atoms with van der Waals surface area (Å²) in [5, 5.41) is 12.6. The molecule has 0 unspecified atom stereocenters. The van der Waals surface area contributed by atoms with Crippen molar-refractivity contribution in [1.29, 1.82) is 0 Å². The number of aromatic amines is 1. The summed E-state index contributed by atoms with van der Waals surface area (Å²) in [6, 6.07) is 12.4. The molecule has 0 amide bonds. The van der Waals surface area contributed by atoms with Crippen molar-refractivity contribution >= 4 is 11.3 Å². The van der Waals surface area contributed by atoms with Crippen LogP contribution in [0, 0.1) is 0 Å². The third-order valence-electron chi connectivity index (χ3n) is 3.14. The van der Waals surface area contributed by atoms with Crippen LogP contribution >= 0.6 is 11.3 Å². The number of aromatic nitrogens is 3. The molecule has 20 heavy (non-hydrogen) atoms. The third-order valence-corrected chi connectivity index (χ3v) is 4.02. The maximum atomic E-state index is 4.62. The minimum absolute atomic E-state index is 0.764. The van der Waals surface area contributed by atoms with Crippen molar-refractivity contribution in [2.24, 2.45) is 0 Å². The predicted octanol–water partition coefficient (Wildman–Crippen LogP) is 2.96. The van der Waals surface area contributed by atoms with E-state index in [0.29, 0.717) is 0 Å². The van der Waals surface area contributed by atoms with Crippen molar-refractivity contribution in [1.82, 2.24) is 20.5 Å². The highest BCUT2D eigenvalue weighted by atomic mass is 32.1. The van der Waals surface area contributed by atoms with Gasteiger partial charge in [-0.3, -0.25) is 5.10 Å². The van der Waals surface area contributed by atoms with E-state index in [4.69, 9.17) is 0 Å². The molecule has 2 N–H and O–H groups in total. The Labute approximate surface area is 121 Å². The van der Waals surface area contributed by atoms with E-state index in [9.17, 15) is 0 Å². The second-order valence-electron chi connectivity index (χ2n) is 4.50. The van der Waals surface area contributed by atoms with E-state index < -0.39 is 0 Å². The largest absolute Gasteiger partial charge is 0.319 e. The maximum Gasteiger partial charge on any atom is 0.181 e. The fraction of sp³-hybridized carbons (Fsp3) is 0.200. The summed E-state index contributed by atoms with van der Waals surface area (Å²) >= 11 is 1.66. The number of likely N-dealkylation sites (N-methyl/N-ethyl adjacent to an activating group) is 1. The molecule has 0 fully saturated rings. The molecule has 0 saturated heterocycles. The normalized spacial score (nSPS) is 10.8. The molecule has 3 aromatic rings. The number of rotatable bonds is 5. The summed E-state index contributed by atoms with van der Waals surface area (Å²) in [6.45, 7) is 0.944. The number of nitrogens with zero attached hydrogens (tertiary/aromatic N) is 2. The van der Waals surface area contributed by atoms with Crippen molar-refractivity contribution in [2.45, 2.75) is 6.42 Å². The molecule has 3 rings (SSSR count). The monoisotopic (exact) mass is 284 g/mol. The van der Waals surface area contributed by atoms with Gasteiger partial charge in [-0.1, -0.05) is 30.3 Å². The van der Waals surface area contributed by atoms with Gasteiger partial charge in [0, 0.05) is 5.56 Å². The molecule has 4 nitrogen and oxygen atoms in total. The van der Waals surface area contributed by atoms with Gasteiger partial charge in [0.1, 0.15) is 0 Å². The van der Waals surface area contributed by atoms with Gasteiger partial charge in [-0.05, 0) is 37.0 Å². The minimum Gasteiger partial charge on any atom is -0.319 e.